The summed E-state index contributed by atoms with van der Waals surface area (Å²) in [6.07, 6.45) is 9.72. The third-order valence-corrected chi connectivity index (χ3v) is 4.66. The molecule has 1 saturated carbocycles. The van der Waals surface area contributed by atoms with Crippen molar-refractivity contribution in [3.05, 3.63) is 54.4 Å². The Morgan fingerprint density at radius 1 is 1.21 bits per heavy atom. The molecule has 7 nitrogen and oxygen atoms in total. The van der Waals surface area contributed by atoms with Crippen molar-refractivity contribution in [2.75, 3.05) is 6.54 Å². The lowest BCUT2D eigenvalue weighted by Gasteiger charge is -2.28. The molecule has 0 spiro atoms. The minimum atomic E-state index is -0.354. The topological polar surface area (TPSA) is 85.2 Å². The molecule has 3 rings (SSSR count). The first-order valence-corrected chi connectivity index (χ1v) is 9.67. The Balaban J connectivity index is 1.44. The lowest BCUT2D eigenvalue weighted by atomic mass is 9.93. The van der Waals surface area contributed by atoms with E-state index in [1.807, 2.05) is 43.5 Å². The molecule has 1 aliphatic rings. The van der Waals surface area contributed by atoms with E-state index in [2.05, 4.69) is 15.7 Å². The van der Waals surface area contributed by atoms with Gasteiger partial charge in [0.2, 0.25) is 0 Å². The number of esters is 1. The molecule has 28 heavy (non-hydrogen) atoms. The molecule has 1 aromatic carbocycles. The average molecular weight is 382 g/mol. The lowest BCUT2D eigenvalue weighted by molar-refractivity contribution is -0.144. The average Bonchev–Trinajstić information content (AvgIpc) is 3.18. The second kappa shape index (κ2) is 9.73. The first kappa shape index (κ1) is 19.7. The van der Waals surface area contributed by atoms with Gasteiger partial charge in [-0.05, 0) is 50.8 Å². The molecule has 1 aliphatic carbocycles. The van der Waals surface area contributed by atoms with Crippen molar-refractivity contribution in [2.24, 2.45) is 0 Å². The zero-order chi connectivity index (χ0) is 19.8. The normalized spacial score (nSPS) is 19.3. The molecule has 148 valence electrons. The van der Waals surface area contributed by atoms with Crippen LogP contribution < -0.4 is 10.6 Å². The van der Waals surface area contributed by atoms with Crippen LogP contribution >= 0.6 is 0 Å². The van der Waals surface area contributed by atoms with E-state index in [9.17, 15) is 9.59 Å². The number of para-hydroxylation sites is 1. The van der Waals surface area contributed by atoms with Crippen molar-refractivity contribution >= 4 is 18.1 Å². The first-order chi connectivity index (χ1) is 13.6. The van der Waals surface area contributed by atoms with E-state index in [0.717, 1.165) is 36.9 Å². The van der Waals surface area contributed by atoms with Crippen LogP contribution in [0.25, 0.3) is 11.8 Å². The van der Waals surface area contributed by atoms with E-state index < -0.39 is 0 Å². The number of urea groups is 1. The Labute approximate surface area is 164 Å². The number of rotatable bonds is 6. The number of hydrogen-bond donors (Lipinski definition) is 2. The van der Waals surface area contributed by atoms with Gasteiger partial charge < -0.3 is 15.4 Å². The summed E-state index contributed by atoms with van der Waals surface area (Å²) in [4.78, 5) is 23.6. The predicted octanol–water partition coefficient (Wildman–Crippen LogP) is 3.06. The quantitative estimate of drug-likeness (QED) is 0.594. The van der Waals surface area contributed by atoms with Crippen LogP contribution in [0.15, 0.2) is 48.8 Å². The highest BCUT2D eigenvalue weighted by molar-refractivity contribution is 5.87. The van der Waals surface area contributed by atoms with Crippen LogP contribution in [0, 0.1) is 0 Å². The van der Waals surface area contributed by atoms with Crippen LogP contribution in [0.2, 0.25) is 0 Å². The van der Waals surface area contributed by atoms with Crippen molar-refractivity contribution < 1.29 is 14.3 Å². The summed E-state index contributed by atoms with van der Waals surface area (Å²) in [5.41, 5.74) is 1.79. The van der Waals surface area contributed by atoms with E-state index in [-0.39, 0.29) is 24.1 Å². The molecule has 2 amide bonds. The van der Waals surface area contributed by atoms with Gasteiger partial charge in [0.1, 0.15) is 6.10 Å². The Hall–Kier alpha value is -3.09. The summed E-state index contributed by atoms with van der Waals surface area (Å²) in [6, 6.07) is 9.78. The summed E-state index contributed by atoms with van der Waals surface area (Å²) < 4.78 is 7.28. The molecule has 0 saturated heterocycles. The first-order valence-electron chi connectivity index (χ1n) is 9.67. The van der Waals surface area contributed by atoms with Crippen molar-refractivity contribution in [3.8, 4) is 5.69 Å². The third kappa shape index (κ3) is 5.70. The van der Waals surface area contributed by atoms with Crippen LogP contribution in [0.3, 0.4) is 0 Å². The Morgan fingerprint density at radius 2 is 1.96 bits per heavy atom. The maximum absolute atomic E-state index is 12.1. The summed E-state index contributed by atoms with van der Waals surface area (Å²) in [7, 11) is 0. The number of benzene rings is 1. The second-order valence-corrected chi connectivity index (χ2v) is 6.80. The molecule has 0 aliphatic heterocycles. The highest BCUT2D eigenvalue weighted by Crippen LogP contribution is 2.21. The van der Waals surface area contributed by atoms with Gasteiger partial charge in [-0.3, -0.25) is 0 Å². The molecule has 7 heteroatoms. The predicted molar refractivity (Wildman–Crippen MR) is 107 cm³/mol. The summed E-state index contributed by atoms with van der Waals surface area (Å²) in [5, 5.41) is 9.97. The summed E-state index contributed by atoms with van der Waals surface area (Å²) >= 11 is 0. The number of aromatic nitrogens is 2. The number of amides is 2. The Morgan fingerprint density at radius 3 is 2.68 bits per heavy atom. The number of hydrogen-bond acceptors (Lipinski definition) is 4. The van der Waals surface area contributed by atoms with Crippen LogP contribution in [0.5, 0.6) is 0 Å². The van der Waals surface area contributed by atoms with Gasteiger partial charge in [-0.1, -0.05) is 18.2 Å². The van der Waals surface area contributed by atoms with Gasteiger partial charge in [0.25, 0.3) is 0 Å². The molecule has 0 bridgehead atoms. The van der Waals surface area contributed by atoms with Gasteiger partial charge in [0.05, 0.1) is 11.9 Å². The van der Waals surface area contributed by atoms with Gasteiger partial charge in [0.15, 0.2) is 0 Å². The molecule has 1 aromatic heterocycles. The molecule has 2 aromatic rings. The maximum atomic E-state index is 12.1. The molecular weight excluding hydrogens is 356 g/mol. The fourth-order valence-electron chi connectivity index (χ4n) is 3.23. The fourth-order valence-corrected chi connectivity index (χ4v) is 3.23. The van der Waals surface area contributed by atoms with Crippen LogP contribution in [-0.4, -0.2) is 40.5 Å². The fraction of sp³-hybridized carbons (Fsp3) is 0.381. The summed E-state index contributed by atoms with van der Waals surface area (Å²) in [5.74, 6) is -0.354. The Kier molecular flexibility index (Phi) is 6.84. The molecule has 1 fully saturated rings. The van der Waals surface area contributed by atoms with Crippen LogP contribution in [0.1, 0.15) is 38.2 Å². The van der Waals surface area contributed by atoms with E-state index in [1.165, 1.54) is 6.08 Å². The van der Waals surface area contributed by atoms with Crippen molar-refractivity contribution in [3.63, 3.8) is 0 Å². The van der Waals surface area contributed by atoms with Crippen molar-refractivity contribution in [2.45, 2.75) is 44.8 Å². The van der Waals surface area contributed by atoms with Gasteiger partial charge in [0, 0.05) is 30.4 Å². The zero-order valence-corrected chi connectivity index (χ0v) is 16.0. The number of carbonyl (C=O) groups is 2. The summed E-state index contributed by atoms with van der Waals surface area (Å²) in [6.45, 7) is 2.49. The highest BCUT2D eigenvalue weighted by atomic mass is 16.5. The Bertz CT molecular complexity index is 808. The van der Waals surface area contributed by atoms with Crippen LogP contribution in [0.4, 0.5) is 4.79 Å². The van der Waals surface area contributed by atoms with Gasteiger partial charge >= 0.3 is 12.0 Å². The maximum Gasteiger partial charge on any atom is 0.331 e. The van der Waals surface area contributed by atoms with E-state index >= 15 is 0 Å². The highest BCUT2D eigenvalue weighted by Gasteiger charge is 2.24. The third-order valence-electron chi connectivity index (χ3n) is 4.66. The molecule has 2 N–H and O–H groups in total. The largest absolute Gasteiger partial charge is 0.459 e. The van der Waals surface area contributed by atoms with E-state index in [4.69, 9.17) is 4.74 Å². The number of ether oxygens (including phenoxy) is 1. The minimum Gasteiger partial charge on any atom is -0.459 e. The van der Waals surface area contributed by atoms with E-state index in [0.29, 0.717) is 6.54 Å². The van der Waals surface area contributed by atoms with Crippen LogP contribution in [-0.2, 0) is 9.53 Å². The van der Waals surface area contributed by atoms with Crippen molar-refractivity contribution in [1.29, 1.82) is 0 Å². The zero-order valence-electron chi connectivity index (χ0n) is 16.0. The molecule has 0 atom stereocenters. The molecule has 0 radical (unpaired) electrons. The molecular formula is C21H26N4O3. The van der Waals surface area contributed by atoms with E-state index in [1.54, 1.807) is 17.0 Å². The van der Waals surface area contributed by atoms with Gasteiger partial charge in [-0.25, -0.2) is 14.3 Å². The molecule has 1 heterocycles. The number of nitrogens with one attached hydrogen (secondary N) is 2. The van der Waals surface area contributed by atoms with Gasteiger partial charge in [-0.15, -0.1) is 0 Å². The standard InChI is InChI=1S/C21H26N4O3/c1-2-22-21(27)24-17-9-11-19(12-10-17)28-20(26)13-8-16-14-23-25(15-16)18-6-4-3-5-7-18/h3-8,13-15,17,19H,2,9-12H2,1H3,(H2,22,24,27)/b13-8+. The second-order valence-electron chi connectivity index (χ2n) is 6.80. The SMILES string of the molecule is CCNC(=O)NC1CCC(OC(=O)/C=C/c2cnn(-c3ccccc3)c2)CC1. The molecule has 0 unspecified atom stereocenters. The van der Waals surface area contributed by atoms with Crippen molar-refractivity contribution in [1.82, 2.24) is 20.4 Å². The minimum absolute atomic E-state index is 0.100. The monoisotopic (exact) mass is 382 g/mol. The number of nitrogens with zero attached hydrogens (tertiary/aromatic N) is 2. The smallest absolute Gasteiger partial charge is 0.331 e. The van der Waals surface area contributed by atoms with Gasteiger partial charge in [-0.2, -0.15) is 5.10 Å². The number of carbonyl (C=O) groups excluding carboxylic acids is 2. The lowest BCUT2D eigenvalue weighted by Crippen LogP contribution is -2.44.